The third-order valence-electron chi connectivity index (χ3n) is 2.33. The molecule has 0 aliphatic rings. The van der Waals surface area contributed by atoms with E-state index in [1.54, 1.807) is 13.0 Å². The lowest BCUT2D eigenvalue weighted by atomic mass is 10.2. The molecule has 0 unspecified atom stereocenters. The molecule has 2 heterocycles. The van der Waals surface area contributed by atoms with Gasteiger partial charge in [0.25, 0.3) is 0 Å². The van der Waals surface area contributed by atoms with Crippen LogP contribution in [-0.2, 0) is 11.3 Å². The van der Waals surface area contributed by atoms with Crippen molar-refractivity contribution in [1.29, 1.82) is 0 Å². The molecule has 0 amide bonds. The van der Waals surface area contributed by atoms with Crippen LogP contribution < -0.4 is 11.1 Å². The Morgan fingerprint density at radius 3 is 3.11 bits per heavy atom. The summed E-state index contributed by atoms with van der Waals surface area (Å²) in [5.41, 5.74) is 7.02. The summed E-state index contributed by atoms with van der Waals surface area (Å²) in [6, 6.07) is 3.24. The maximum atomic E-state index is 11.8. The summed E-state index contributed by atoms with van der Waals surface area (Å²) < 4.78 is 9.67. The van der Waals surface area contributed by atoms with E-state index < -0.39 is 5.97 Å². The number of hydrogen-bond donors (Lipinski definition) is 2. The standard InChI is InChI=1S/C12H14N4O3/c1-2-18-12(17)10-5-8(13)6-14-11(10)15-7-9-3-4-19-16-9/h3-6H,2,7,13H2,1H3,(H,14,15). The van der Waals surface area contributed by atoms with E-state index in [1.165, 1.54) is 18.5 Å². The van der Waals surface area contributed by atoms with Crippen molar-refractivity contribution in [2.75, 3.05) is 17.7 Å². The molecule has 3 N–H and O–H groups in total. The molecule has 0 spiro atoms. The highest BCUT2D eigenvalue weighted by Gasteiger charge is 2.14. The van der Waals surface area contributed by atoms with Crippen molar-refractivity contribution in [1.82, 2.24) is 10.1 Å². The second-order valence-corrected chi connectivity index (χ2v) is 3.73. The van der Waals surface area contributed by atoms with Crippen LogP contribution in [0.4, 0.5) is 11.5 Å². The quantitative estimate of drug-likeness (QED) is 0.786. The van der Waals surface area contributed by atoms with Gasteiger partial charge in [-0.1, -0.05) is 5.16 Å². The van der Waals surface area contributed by atoms with Gasteiger partial charge in [0.15, 0.2) is 0 Å². The average molecular weight is 262 g/mol. The largest absolute Gasteiger partial charge is 0.462 e. The Morgan fingerprint density at radius 1 is 1.58 bits per heavy atom. The zero-order valence-electron chi connectivity index (χ0n) is 10.4. The molecule has 100 valence electrons. The summed E-state index contributed by atoms with van der Waals surface area (Å²) in [4.78, 5) is 15.9. The number of nitrogens with one attached hydrogen (secondary N) is 1. The van der Waals surface area contributed by atoms with E-state index in [9.17, 15) is 4.79 Å². The van der Waals surface area contributed by atoms with E-state index >= 15 is 0 Å². The van der Waals surface area contributed by atoms with E-state index in [0.717, 1.165) is 0 Å². The van der Waals surface area contributed by atoms with Crippen molar-refractivity contribution in [3.8, 4) is 0 Å². The molecule has 0 fully saturated rings. The lowest BCUT2D eigenvalue weighted by molar-refractivity contribution is 0.0527. The molecule has 0 aliphatic carbocycles. The number of carbonyl (C=O) groups excluding carboxylic acids is 1. The minimum Gasteiger partial charge on any atom is -0.462 e. The van der Waals surface area contributed by atoms with E-state index in [-0.39, 0.29) is 6.61 Å². The third-order valence-corrected chi connectivity index (χ3v) is 2.33. The van der Waals surface area contributed by atoms with Gasteiger partial charge in [0.05, 0.1) is 25.0 Å². The summed E-state index contributed by atoms with van der Waals surface area (Å²) in [6.07, 6.45) is 2.94. The minimum atomic E-state index is -0.468. The maximum absolute atomic E-state index is 11.8. The zero-order valence-corrected chi connectivity index (χ0v) is 10.4. The smallest absolute Gasteiger partial charge is 0.341 e. The number of hydrogen-bond acceptors (Lipinski definition) is 7. The van der Waals surface area contributed by atoms with E-state index in [2.05, 4.69) is 15.5 Å². The number of pyridine rings is 1. The van der Waals surface area contributed by atoms with Crippen LogP contribution in [0.5, 0.6) is 0 Å². The molecule has 0 atom stereocenters. The number of nitrogens with zero attached hydrogens (tertiary/aromatic N) is 2. The number of esters is 1. The monoisotopic (exact) mass is 262 g/mol. The first-order chi connectivity index (χ1) is 9.20. The second kappa shape index (κ2) is 5.85. The van der Waals surface area contributed by atoms with Crippen molar-refractivity contribution in [2.45, 2.75) is 13.5 Å². The van der Waals surface area contributed by atoms with Gasteiger partial charge in [-0.3, -0.25) is 0 Å². The Kier molecular flexibility index (Phi) is 3.97. The summed E-state index contributed by atoms with van der Waals surface area (Å²) in [5.74, 6) is -0.0689. The third kappa shape index (κ3) is 3.21. The van der Waals surface area contributed by atoms with Gasteiger partial charge in [0, 0.05) is 6.07 Å². The number of ether oxygens (including phenoxy) is 1. The van der Waals surface area contributed by atoms with Gasteiger partial charge in [-0.25, -0.2) is 9.78 Å². The first kappa shape index (κ1) is 12.9. The minimum absolute atomic E-state index is 0.288. The van der Waals surface area contributed by atoms with Crippen molar-refractivity contribution in [3.05, 3.63) is 35.9 Å². The molecule has 19 heavy (non-hydrogen) atoms. The van der Waals surface area contributed by atoms with Gasteiger partial charge in [-0.2, -0.15) is 0 Å². The van der Waals surface area contributed by atoms with Crippen LogP contribution in [-0.4, -0.2) is 22.7 Å². The maximum Gasteiger partial charge on any atom is 0.341 e. The van der Waals surface area contributed by atoms with Gasteiger partial charge < -0.3 is 20.3 Å². The van der Waals surface area contributed by atoms with Gasteiger partial charge >= 0.3 is 5.97 Å². The molecular formula is C12H14N4O3. The van der Waals surface area contributed by atoms with Crippen LogP contribution in [0, 0.1) is 0 Å². The lowest BCUT2D eigenvalue weighted by Crippen LogP contribution is -2.12. The van der Waals surface area contributed by atoms with E-state index in [4.69, 9.17) is 15.0 Å². The topological polar surface area (TPSA) is 103 Å². The normalized spacial score (nSPS) is 10.2. The highest BCUT2D eigenvalue weighted by atomic mass is 16.5. The average Bonchev–Trinajstić information content (AvgIpc) is 2.90. The second-order valence-electron chi connectivity index (χ2n) is 3.73. The highest BCUT2D eigenvalue weighted by Crippen LogP contribution is 2.17. The van der Waals surface area contributed by atoms with Crippen molar-refractivity contribution < 1.29 is 14.1 Å². The number of aromatic nitrogens is 2. The molecule has 0 bridgehead atoms. The van der Waals surface area contributed by atoms with Crippen LogP contribution >= 0.6 is 0 Å². The summed E-state index contributed by atoms with van der Waals surface area (Å²) in [7, 11) is 0. The first-order valence-electron chi connectivity index (χ1n) is 5.76. The predicted octanol–water partition coefficient (Wildman–Crippen LogP) is 1.44. The molecule has 2 aromatic heterocycles. The van der Waals surface area contributed by atoms with Crippen LogP contribution in [0.25, 0.3) is 0 Å². The van der Waals surface area contributed by atoms with Crippen LogP contribution in [0.2, 0.25) is 0 Å². The number of nitrogens with two attached hydrogens (primary N) is 1. The number of rotatable bonds is 5. The van der Waals surface area contributed by atoms with Crippen LogP contribution in [0.3, 0.4) is 0 Å². The number of carbonyl (C=O) groups is 1. The Labute approximate surface area is 109 Å². The SMILES string of the molecule is CCOC(=O)c1cc(N)cnc1NCc1ccon1. The molecule has 0 saturated carbocycles. The fraction of sp³-hybridized carbons (Fsp3) is 0.250. The lowest BCUT2D eigenvalue weighted by Gasteiger charge is -2.09. The molecule has 0 radical (unpaired) electrons. The van der Waals surface area contributed by atoms with Crippen molar-refractivity contribution in [3.63, 3.8) is 0 Å². The molecule has 7 heteroatoms. The van der Waals surface area contributed by atoms with Crippen molar-refractivity contribution in [2.24, 2.45) is 0 Å². The number of nitrogen functional groups attached to an aromatic ring is 1. The molecule has 2 rings (SSSR count). The Morgan fingerprint density at radius 2 is 2.42 bits per heavy atom. The Balaban J connectivity index is 2.16. The van der Waals surface area contributed by atoms with Gasteiger partial charge in [0.1, 0.15) is 23.3 Å². The summed E-state index contributed by atoms with van der Waals surface area (Å²) in [6.45, 7) is 2.41. The van der Waals surface area contributed by atoms with Gasteiger partial charge in [0.2, 0.25) is 0 Å². The molecule has 0 aromatic carbocycles. The van der Waals surface area contributed by atoms with Crippen LogP contribution in [0.1, 0.15) is 23.0 Å². The Bertz CT molecular complexity index is 554. The van der Waals surface area contributed by atoms with Gasteiger partial charge in [-0.15, -0.1) is 0 Å². The molecule has 7 nitrogen and oxygen atoms in total. The highest BCUT2D eigenvalue weighted by molar-refractivity contribution is 5.95. The first-order valence-corrected chi connectivity index (χ1v) is 5.76. The number of anilines is 2. The Hall–Kier alpha value is -2.57. The van der Waals surface area contributed by atoms with Gasteiger partial charge in [-0.05, 0) is 13.0 Å². The fourth-order valence-corrected chi connectivity index (χ4v) is 1.49. The fourth-order valence-electron chi connectivity index (χ4n) is 1.49. The molecular weight excluding hydrogens is 248 g/mol. The van der Waals surface area contributed by atoms with E-state index in [1.807, 2.05) is 0 Å². The van der Waals surface area contributed by atoms with E-state index in [0.29, 0.717) is 29.3 Å². The summed E-state index contributed by atoms with van der Waals surface area (Å²) >= 11 is 0. The zero-order chi connectivity index (χ0) is 13.7. The summed E-state index contributed by atoms with van der Waals surface area (Å²) in [5, 5.41) is 6.75. The molecule has 0 saturated heterocycles. The molecule has 0 aliphatic heterocycles. The van der Waals surface area contributed by atoms with Crippen LogP contribution in [0.15, 0.2) is 29.1 Å². The molecule has 2 aromatic rings. The predicted molar refractivity (Wildman–Crippen MR) is 68.4 cm³/mol. The van der Waals surface area contributed by atoms with Crippen molar-refractivity contribution >= 4 is 17.5 Å².